The summed E-state index contributed by atoms with van der Waals surface area (Å²) in [4.78, 5) is 5.90. The van der Waals surface area contributed by atoms with Gasteiger partial charge in [0.15, 0.2) is 5.96 Å². The fourth-order valence-electron chi connectivity index (χ4n) is 2.48. The van der Waals surface area contributed by atoms with Crippen LogP contribution in [0.25, 0.3) is 0 Å². The number of nitrogens with zero attached hydrogens (tertiary/aromatic N) is 1. The minimum atomic E-state index is 0. The SMILES string of the molecule is CCNC(=NCc1ccc(SC)cc1)NCC(CO)c1ccccc1.I. The van der Waals surface area contributed by atoms with Gasteiger partial charge < -0.3 is 15.7 Å². The van der Waals surface area contributed by atoms with Crippen molar-refractivity contribution < 1.29 is 5.11 Å². The van der Waals surface area contributed by atoms with Crippen LogP contribution in [0.3, 0.4) is 0 Å². The molecule has 0 spiro atoms. The lowest BCUT2D eigenvalue weighted by atomic mass is 10.0. The highest BCUT2D eigenvalue weighted by Gasteiger charge is 2.10. The van der Waals surface area contributed by atoms with Gasteiger partial charge in [0.25, 0.3) is 0 Å². The molecular formula is C20H28IN3OS. The zero-order valence-electron chi connectivity index (χ0n) is 15.3. The number of aliphatic hydroxyl groups is 1. The summed E-state index contributed by atoms with van der Waals surface area (Å²) < 4.78 is 0. The molecular weight excluding hydrogens is 457 g/mol. The minimum absolute atomic E-state index is 0. The zero-order valence-corrected chi connectivity index (χ0v) is 18.5. The lowest BCUT2D eigenvalue weighted by molar-refractivity contribution is 0.265. The monoisotopic (exact) mass is 485 g/mol. The topological polar surface area (TPSA) is 56.7 Å². The summed E-state index contributed by atoms with van der Waals surface area (Å²) >= 11 is 1.74. The van der Waals surface area contributed by atoms with Gasteiger partial charge in [-0.15, -0.1) is 35.7 Å². The fraction of sp³-hybridized carbons (Fsp3) is 0.350. The van der Waals surface area contributed by atoms with E-state index in [2.05, 4.69) is 46.1 Å². The molecule has 4 nitrogen and oxygen atoms in total. The van der Waals surface area contributed by atoms with Crippen LogP contribution in [-0.4, -0.2) is 37.0 Å². The molecule has 0 amide bonds. The average molecular weight is 485 g/mol. The van der Waals surface area contributed by atoms with E-state index in [0.29, 0.717) is 13.1 Å². The number of thioether (sulfide) groups is 1. The van der Waals surface area contributed by atoms with Crippen LogP contribution in [0.2, 0.25) is 0 Å². The van der Waals surface area contributed by atoms with E-state index in [1.165, 1.54) is 10.5 Å². The van der Waals surface area contributed by atoms with Crippen molar-refractivity contribution >= 4 is 41.7 Å². The minimum Gasteiger partial charge on any atom is -0.396 e. The van der Waals surface area contributed by atoms with Gasteiger partial charge in [-0.25, -0.2) is 4.99 Å². The fourth-order valence-corrected chi connectivity index (χ4v) is 2.88. The molecule has 0 aliphatic rings. The summed E-state index contributed by atoms with van der Waals surface area (Å²) in [6.07, 6.45) is 2.07. The molecule has 2 aromatic rings. The summed E-state index contributed by atoms with van der Waals surface area (Å²) in [7, 11) is 0. The number of hydrogen-bond donors (Lipinski definition) is 3. The Kier molecular flexibility index (Phi) is 11.4. The molecule has 26 heavy (non-hydrogen) atoms. The lowest BCUT2D eigenvalue weighted by Gasteiger charge is -2.18. The summed E-state index contributed by atoms with van der Waals surface area (Å²) in [5.74, 6) is 0.816. The molecule has 1 atom stereocenters. The number of hydrogen-bond acceptors (Lipinski definition) is 3. The maximum Gasteiger partial charge on any atom is 0.191 e. The number of aliphatic imine (C=N–C) groups is 1. The molecule has 0 heterocycles. The molecule has 3 N–H and O–H groups in total. The van der Waals surface area contributed by atoms with Gasteiger partial charge >= 0.3 is 0 Å². The summed E-state index contributed by atoms with van der Waals surface area (Å²) in [6, 6.07) is 18.5. The number of nitrogens with one attached hydrogen (secondary N) is 2. The standard InChI is InChI=1S/C20H27N3OS.HI/c1-3-21-20(22-13-16-9-11-19(25-2)12-10-16)23-14-18(15-24)17-7-5-4-6-8-17;/h4-12,18,24H,3,13-15H2,1-2H3,(H2,21,22,23);1H. The Morgan fingerprint density at radius 2 is 1.77 bits per heavy atom. The van der Waals surface area contributed by atoms with Crippen molar-refractivity contribution in [2.75, 3.05) is 26.0 Å². The maximum atomic E-state index is 9.68. The van der Waals surface area contributed by atoms with Gasteiger partial charge in [0.05, 0.1) is 13.2 Å². The van der Waals surface area contributed by atoms with E-state index in [-0.39, 0.29) is 36.5 Å². The van der Waals surface area contributed by atoms with Crippen LogP contribution in [0.5, 0.6) is 0 Å². The number of aliphatic hydroxyl groups excluding tert-OH is 1. The molecule has 1 unspecified atom stereocenters. The van der Waals surface area contributed by atoms with Gasteiger partial charge in [0.2, 0.25) is 0 Å². The van der Waals surface area contributed by atoms with Crippen molar-refractivity contribution in [2.24, 2.45) is 4.99 Å². The van der Waals surface area contributed by atoms with Crippen LogP contribution < -0.4 is 10.6 Å². The summed E-state index contributed by atoms with van der Waals surface area (Å²) in [5.41, 5.74) is 2.30. The first kappa shape index (κ1) is 22.8. The summed E-state index contributed by atoms with van der Waals surface area (Å²) in [5, 5.41) is 16.3. The predicted octanol–water partition coefficient (Wildman–Crippen LogP) is 3.86. The van der Waals surface area contributed by atoms with Crippen LogP contribution in [0, 0.1) is 0 Å². The third-order valence-electron chi connectivity index (χ3n) is 3.93. The van der Waals surface area contributed by atoms with Gasteiger partial charge in [0.1, 0.15) is 0 Å². The molecule has 0 aliphatic heterocycles. The van der Waals surface area contributed by atoms with Gasteiger partial charge in [0, 0.05) is 23.9 Å². The van der Waals surface area contributed by atoms with E-state index < -0.39 is 0 Å². The summed E-state index contributed by atoms with van der Waals surface area (Å²) in [6.45, 7) is 4.21. The average Bonchev–Trinajstić information content (AvgIpc) is 2.67. The second kappa shape index (κ2) is 13.0. The van der Waals surface area contributed by atoms with Crippen molar-refractivity contribution in [1.82, 2.24) is 10.6 Å². The molecule has 0 saturated carbocycles. The van der Waals surface area contributed by atoms with Crippen molar-refractivity contribution in [3.63, 3.8) is 0 Å². The highest BCUT2D eigenvalue weighted by Crippen LogP contribution is 2.15. The quantitative estimate of drug-likeness (QED) is 0.230. The van der Waals surface area contributed by atoms with E-state index in [1.807, 2.05) is 37.3 Å². The van der Waals surface area contributed by atoms with Gasteiger partial charge in [-0.3, -0.25) is 0 Å². The van der Waals surface area contributed by atoms with E-state index in [4.69, 9.17) is 0 Å². The van der Waals surface area contributed by atoms with Crippen LogP contribution in [0.1, 0.15) is 24.0 Å². The molecule has 0 aliphatic carbocycles. The molecule has 2 rings (SSSR count). The van der Waals surface area contributed by atoms with Crippen molar-refractivity contribution in [3.05, 3.63) is 65.7 Å². The smallest absolute Gasteiger partial charge is 0.191 e. The van der Waals surface area contributed by atoms with Crippen LogP contribution in [0.15, 0.2) is 64.5 Å². The molecule has 2 aromatic carbocycles. The van der Waals surface area contributed by atoms with Gasteiger partial charge in [-0.1, -0.05) is 42.5 Å². The highest BCUT2D eigenvalue weighted by molar-refractivity contribution is 14.0. The first-order chi connectivity index (χ1) is 12.3. The maximum absolute atomic E-state index is 9.68. The number of halogens is 1. The predicted molar refractivity (Wildman–Crippen MR) is 123 cm³/mol. The largest absolute Gasteiger partial charge is 0.396 e. The van der Waals surface area contributed by atoms with Crippen molar-refractivity contribution in [1.29, 1.82) is 0 Å². The van der Waals surface area contributed by atoms with E-state index in [1.54, 1.807) is 11.8 Å². The number of rotatable bonds is 8. The Bertz CT molecular complexity index is 650. The highest BCUT2D eigenvalue weighted by atomic mass is 127. The first-order valence-electron chi connectivity index (χ1n) is 8.57. The Morgan fingerprint density at radius 3 is 2.35 bits per heavy atom. The Balaban J connectivity index is 0.00000338. The molecule has 0 saturated heterocycles. The van der Waals surface area contributed by atoms with Crippen LogP contribution in [0.4, 0.5) is 0 Å². The molecule has 0 aromatic heterocycles. The number of guanidine groups is 1. The Morgan fingerprint density at radius 1 is 1.08 bits per heavy atom. The van der Waals surface area contributed by atoms with Gasteiger partial charge in [-0.2, -0.15) is 0 Å². The molecule has 0 fully saturated rings. The van der Waals surface area contributed by atoms with Crippen LogP contribution in [-0.2, 0) is 6.54 Å². The number of benzene rings is 2. The third kappa shape index (κ3) is 7.55. The normalized spacial score (nSPS) is 12.2. The van der Waals surface area contributed by atoms with E-state index >= 15 is 0 Å². The molecule has 6 heteroatoms. The second-order valence-electron chi connectivity index (χ2n) is 5.71. The van der Waals surface area contributed by atoms with Crippen molar-refractivity contribution in [3.8, 4) is 0 Å². The third-order valence-corrected chi connectivity index (χ3v) is 4.67. The molecule has 0 bridgehead atoms. The lowest BCUT2D eigenvalue weighted by Crippen LogP contribution is -2.39. The van der Waals surface area contributed by atoms with E-state index in [0.717, 1.165) is 18.1 Å². The Labute approximate surface area is 177 Å². The van der Waals surface area contributed by atoms with E-state index in [9.17, 15) is 5.11 Å². The van der Waals surface area contributed by atoms with Gasteiger partial charge in [-0.05, 0) is 36.4 Å². The zero-order chi connectivity index (χ0) is 17.9. The second-order valence-corrected chi connectivity index (χ2v) is 6.59. The first-order valence-corrected chi connectivity index (χ1v) is 9.80. The van der Waals surface area contributed by atoms with Crippen LogP contribution >= 0.6 is 35.7 Å². The molecule has 142 valence electrons. The van der Waals surface area contributed by atoms with Crippen molar-refractivity contribution in [2.45, 2.75) is 24.3 Å². The Hall–Kier alpha value is -1.25. The molecule has 0 radical (unpaired) electrons.